The predicted molar refractivity (Wildman–Crippen MR) is 262 cm³/mol. The highest BCUT2D eigenvalue weighted by Gasteiger charge is 2.39. The maximum atomic E-state index is 12.9. The molecule has 0 aromatic rings. The van der Waals surface area contributed by atoms with Gasteiger partial charge in [0.05, 0.1) is 40.0 Å². The van der Waals surface area contributed by atoms with Gasteiger partial charge in [-0.25, -0.2) is 4.57 Å². The van der Waals surface area contributed by atoms with Gasteiger partial charge in [0.2, 0.25) is 0 Å². The fraction of sp³-hybridized carbons (Fsp3) is 0.904. The Kier molecular flexibility index (Phi) is 37.0. The molecule has 1 aliphatic carbocycles. The van der Waals surface area contributed by atoms with E-state index in [4.69, 9.17) is 18.5 Å². The molecule has 0 aromatic heterocycles. The Morgan fingerprint density at radius 2 is 1.14 bits per heavy atom. The zero-order chi connectivity index (χ0) is 48.0. The average molecular weight is 945 g/mol. The number of rotatable bonds is 45. The fourth-order valence-electron chi connectivity index (χ4n) is 8.50. The fourth-order valence-corrected chi connectivity index (χ4v) is 9.24. The molecule has 13 heteroatoms. The zero-order valence-electron chi connectivity index (χ0n) is 42.2. The average Bonchev–Trinajstić information content (AvgIpc) is 3.52. The minimum Gasteiger partial charge on any atom is -0.462 e. The molecule has 382 valence electrons. The summed E-state index contributed by atoms with van der Waals surface area (Å²) in [6.07, 6.45) is 35.9. The molecule has 0 amide bonds. The number of phosphoric ester groups is 1. The van der Waals surface area contributed by atoms with E-state index in [1.54, 1.807) is 6.08 Å². The first-order chi connectivity index (χ1) is 31.2. The Hall–Kier alpha value is -1.66. The van der Waals surface area contributed by atoms with Gasteiger partial charge in [-0.1, -0.05) is 193 Å². The third-order valence-electron chi connectivity index (χ3n) is 12.7. The summed E-state index contributed by atoms with van der Waals surface area (Å²) in [5.41, 5.74) is 0. The van der Waals surface area contributed by atoms with Crippen LogP contribution in [0.5, 0.6) is 0 Å². The molecule has 6 atom stereocenters. The number of Topliss-reactive ketones (excluding diaryl/α,β-unsaturated/α-hetero) is 1. The molecule has 0 aliphatic heterocycles. The summed E-state index contributed by atoms with van der Waals surface area (Å²) in [7, 11) is 1.34. The van der Waals surface area contributed by atoms with E-state index in [-0.39, 0.29) is 50.1 Å². The summed E-state index contributed by atoms with van der Waals surface area (Å²) < 4.78 is 34.4. The van der Waals surface area contributed by atoms with E-state index in [1.807, 2.05) is 27.2 Å². The SMILES string of the molecule is CCCCCCCCCCCCCCCCCCCCCCCC(=O)OC[C@H](COP(=O)(O)OCC[N+](C)(C)C)OC(=O)CCCCCC[C@H]1C(=O)C[C@@H](O)[C@@H]1/C=C/[C@@H](O)CCCCC. The highest BCUT2D eigenvalue weighted by atomic mass is 31.2. The summed E-state index contributed by atoms with van der Waals surface area (Å²) in [5.74, 6) is -1.48. The molecule has 1 unspecified atom stereocenters. The number of ketones is 1. The van der Waals surface area contributed by atoms with Gasteiger partial charge in [0.25, 0.3) is 0 Å². The summed E-state index contributed by atoms with van der Waals surface area (Å²) in [6, 6.07) is 0. The second-order valence-electron chi connectivity index (χ2n) is 20.0. The topological polar surface area (TPSA) is 166 Å². The van der Waals surface area contributed by atoms with E-state index in [0.29, 0.717) is 36.7 Å². The molecule has 1 aliphatic rings. The minimum atomic E-state index is -4.44. The maximum absolute atomic E-state index is 12.9. The van der Waals surface area contributed by atoms with E-state index in [2.05, 4.69) is 13.8 Å². The van der Waals surface area contributed by atoms with Crippen LogP contribution < -0.4 is 0 Å². The number of carbonyl (C=O) groups excluding carboxylic acids is 3. The van der Waals surface area contributed by atoms with Gasteiger partial charge >= 0.3 is 19.8 Å². The smallest absolute Gasteiger partial charge is 0.462 e. The number of ether oxygens (including phenoxy) is 2. The molecule has 1 rings (SSSR count). The molecule has 0 bridgehead atoms. The Bertz CT molecular complexity index is 1270. The van der Waals surface area contributed by atoms with Crippen LogP contribution in [0.3, 0.4) is 0 Å². The van der Waals surface area contributed by atoms with Crippen LogP contribution in [-0.2, 0) is 37.5 Å². The Morgan fingerprint density at radius 3 is 1.65 bits per heavy atom. The van der Waals surface area contributed by atoms with Gasteiger partial charge in [-0.3, -0.25) is 23.4 Å². The molecule has 3 N–H and O–H groups in total. The summed E-state index contributed by atoms with van der Waals surface area (Å²) in [4.78, 5) is 48.4. The van der Waals surface area contributed by atoms with Crippen molar-refractivity contribution in [1.82, 2.24) is 0 Å². The second-order valence-corrected chi connectivity index (χ2v) is 21.5. The van der Waals surface area contributed by atoms with Gasteiger partial charge in [0, 0.05) is 31.1 Å². The lowest BCUT2D eigenvalue weighted by Crippen LogP contribution is -2.37. The molecule has 0 heterocycles. The number of hydrogen-bond acceptors (Lipinski definition) is 10. The molecule has 1 fully saturated rings. The minimum absolute atomic E-state index is 0.00861. The van der Waals surface area contributed by atoms with Crippen LogP contribution in [0, 0.1) is 11.8 Å². The monoisotopic (exact) mass is 945 g/mol. The van der Waals surface area contributed by atoms with E-state index in [1.165, 1.54) is 109 Å². The van der Waals surface area contributed by atoms with Crippen molar-refractivity contribution in [1.29, 1.82) is 0 Å². The van der Waals surface area contributed by atoms with Crippen molar-refractivity contribution in [2.24, 2.45) is 11.8 Å². The number of quaternary nitrogens is 1. The number of aliphatic hydroxyl groups is 2. The number of hydrogen-bond donors (Lipinski definition) is 3. The third-order valence-corrected chi connectivity index (χ3v) is 13.7. The third kappa shape index (κ3) is 36.1. The standard InChI is InChI=1S/C52H98NO11P/c1-6-8-10-11-12-13-14-15-16-17-18-19-20-21-22-23-24-25-26-27-32-36-51(57)61-43-46(44-63-65(59,60)62-41-40-53(3,4)5)64-52(58)37-33-29-28-31-35-47-48(50(56)42-49(47)55)39-38-45(54)34-30-9-7-2/h38-39,45-48,50,54,56H,6-37,40-44H2,1-5H3/p+1/b39-38+/t45-,46+,47+,48+,50+/m0/s1. The van der Waals surface area contributed by atoms with Crippen molar-refractivity contribution in [3.8, 4) is 0 Å². The molecule has 12 nitrogen and oxygen atoms in total. The highest BCUT2D eigenvalue weighted by Crippen LogP contribution is 2.43. The quantitative estimate of drug-likeness (QED) is 0.0175. The van der Waals surface area contributed by atoms with Crippen molar-refractivity contribution in [2.75, 3.05) is 47.5 Å². The Labute approximate surface area is 396 Å². The van der Waals surface area contributed by atoms with Gasteiger partial charge in [0.1, 0.15) is 25.5 Å². The zero-order valence-corrected chi connectivity index (χ0v) is 43.1. The number of carbonyl (C=O) groups is 3. The summed E-state index contributed by atoms with van der Waals surface area (Å²) in [5, 5.41) is 20.8. The van der Waals surface area contributed by atoms with Crippen LogP contribution in [0.2, 0.25) is 0 Å². The number of aliphatic hydroxyl groups excluding tert-OH is 2. The van der Waals surface area contributed by atoms with E-state index in [9.17, 15) is 34.1 Å². The summed E-state index contributed by atoms with van der Waals surface area (Å²) in [6.45, 7) is 4.09. The van der Waals surface area contributed by atoms with Crippen molar-refractivity contribution < 1.29 is 57.1 Å². The number of phosphoric acid groups is 1. The predicted octanol–water partition coefficient (Wildman–Crippen LogP) is 12.3. The molecule has 0 spiro atoms. The first-order valence-electron chi connectivity index (χ1n) is 26.5. The number of nitrogens with zero attached hydrogens (tertiary/aromatic N) is 1. The Morgan fingerprint density at radius 1 is 0.677 bits per heavy atom. The van der Waals surface area contributed by atoms with Gasteiger partial charge in [-0.15, -0.1) is 0 Å². The lowest BCUT2D eigenvalue weighted by atomic mass is 9.88. The molecule has 1 saturated carbocycles. The van der Waals surface area contributed by atoms with Crippen molar-refractivity contribution >= 4 is 25.5 Å². The number of likely N-dealkylation sites (N-methyl/N-ethyl adjacent to an activating group) is 1. The first-order valence-corrected chi connectivity index (χ1v) is 28.0. The van der Waals surface area contributed by atoms with Crippen LogP contribution in [0.1, 0.15) is 226 Å². The van der Waals surface area contributed by atoms with Gasteiger partial charge in [-0.2, -0.15) is 0 Å². The molecule has 0 saturated heterocycles. The first kappa shape index (κ1) is 61.4. The molecule has 65 heavy (non-hydrogen) atoms. The molecular formula is C52H99NO11P+. The van der Waals surface area contributed by atoms with Crippen LogP contribution in [-0.4, -0.2) is 103 Å². The second kappa shape index (κ2) is 39.2. The van der Waals surface area contributed by atoms with Gasteiger partial charge in [-0.05, 0) is 25.7 Å². The largest absolute Gasteiger partial charge is 0.472 e. The van der Waals surface area contributed by atoms with Gasteiger partial charge in [0.15, 0.2) is 6.10 Å². The van der Waals surface area contributed by atoms with Crippen molar-refractivity contribution in [3.63, 3.8) is 0 Å². The van der Waals surface area contributed by atoms with Crippen LogP contribution in [0.25, 0.3) is 0 Å². The van der Waals surface area contributed by atoms with E-state index < -0.39 is 44.7 Å². The molecule has 0 radical (unpaired) electrons. The number of esters is 2. The van der Waals surface area contributed by atoms with Crippen molar-refractivity contribution in [3.05, 3.63) is 12.2 Å². The maximum Gasteiger partial charge on any atom is 0.472 e. The normalized spacial score (nSPS) is 18.6. The highest BCUT2D eigenvalue weighted by molar-refractivity contribution is 7.47. The van der Waals surface area contributed by atoms with Crippen LogP contribution >= 0.6 is 7.82 Å². The van der Waals surface area contributed by atoms with Crippen molar-refractivity contribution in [2.45, 2.75) is 244 Å². The van der Waals surface area contributed by atoms with Crippen LogP contribution in [0.4, 0.5) is 0 Å². The molecule has 0 aromatic carbocycles. The Balaban J connectivity index is 2.34. The van der Waals surface area contributed by atoms with E-state index in [0.717, 1.165) is 57.8 Å². The van der Waals surface area contributed by atoms with Crippen LogP contribution in [0.15, 0.2) is 12.2 Å². The lowest BCUT2D eigenvalue weighted by Gasteiger charge is -2.24. The lowest BCUT2D eigenvalue weighted by molar-refractivity contribution is -0.870. The van der Waals surface area contributed by atoms with Gasteiger partial charge < -0.3 is 29.1 Å². The summed E-state index contributed by atoms with van der Waals surface area (Å²) >= 11 is 0. The molecular weight excluding hydrogens is 846 g/mol. The number of unbranched alkanes of at least 4 members (excludes halogenated alkanes) is 25. The van der Waals surface area contributed by atoms with E-state index >= 15 is 0 Å².